The lowest BCUT2D eigenvalue weighted by atomic mass is 9.75. The Labute approximate surface area is 733 Å². The van der Waals surface area contributed by atoms with E-state index in [1.54, 1.807) is 13.1 Å². The number of aromatic nitrogens is 1. The van der Waals surface area contributed by atoms with Crippen LogP contribution in [0.2, 0.25) is 0 Å². The smallest absolute Gasteiger partial charge is 0.169 e. The Hall–Kier alpha value is -6.57. The second kappa shape index (κ2) is 39.5. The Bertz CT molecular complexity index is 4450. The highest BCUT2D eigenvalue weighted by atomic mass is 79.9. The molecule has 19 aliphatic heterocycles. The fraction of sp³-hybridized carbons (Fsp3) is 0.577. The van der Waals surface area contributed by atoms with Gasteiger partial charge in [-0.05, 0) is 350 Å². The first-order valence-electron chi connectivity index (χ1n) is 44.4. The van der Waals surface area contributed by atoms with Gasteiger partial charge in [0.05, 0.1) is 28.9 Å². The van der Waals surface area contributed by atoms with Crippen LogP contribution in [0.25, 0.3) is 0 Å². The number of Topliss-reactive ketones (excluding diaryl/α,β-unsaturated/α-hetero) is 6. The molecule has 18 saturated heterocycles. The van der Waals surface area contributed by atoms with Gasteiger partial charge in [0.1, 0.15) is 0 Å². The molecule has 0 spiro atoms. The van der Waals surface area contributed by atoms with E-state index >= 15 is 0 Å². The van der Waals surface area contributed by atoms with Crippen molar-refractivity contribution in [2.75, 3.05) is 212 Å². The number of anilines is 5. The van der Waals surface area contributed by atoms with E-state index in [0.717, 1.165) is 135 Å². The minimum atomic E-state index is -0.471. The Balaban J connectivity index is 0.000000117. The van der Waals surface area contributed by atoms with Crippen LogP contribution in [0.15, 0.2) is 123 Å². The number of ketones is 6. The molecule has 119 heavy (non-hydrogen) atoms. The molecule has 0 radical (unpaired) electrons. The number of halogens is 3. The summed E-state index contributed by atoms with van der Waals surface area (Å²) in [5.74, 6) is 6.72. The third-order valence-electron chi connectivity index (χ3n) is 29.2. The van der Waals surface area contributed by atoms with E-state index in [4.69, 9.17) is 0 Å². The molecule has 7 atom stereocenters. The van der Waals surface area contributed by atoms with Crippen molar-refractivity contribution in [1.29, 1.82) is 0 Å². The molecular formula is C97H129Br3N12O7. The van der Waals surface area contributed by atoms with Gasteiger partial charge in [-0.3, -0.25) is 33.8 Å². The number of aliphatic hydroxyl groups is 1. The van der Waals surface area contributed by atoms with Crippen molar-refractivity contribution in [1.82, 2.24) is 34.4 Å². The molecule has 640 valence electrons. The van der Waals surface area contributed by atoms with E-state index in [9.17, 15) is 33.9 Å². The van der Waals surface area contributed by atoms with E-state index in [1.807, 2.05) is 138 Å². The third-order valence-corrected chi connectivity index (χ3v) is 31.0. The maximum atomic E-state index is 13.0. The number of fused-ring (bicyclic) bond motifs is 19. The molecular weight excluding hydrogens is 1680 g/mol. The van der Waals surface area contributed by atoms with Crippen LogP contribution in [-0.2, 0) is 0 Å². The lowest BCUT2D eigenvalue weighted by Gasteiger charge is -2.44. The number of carbonyl (C=O) groups excluding carboxylic acids is 6. The van der Waals surface area contributed by atoms with E-state index in [-0.39, 0.29) is 41.3 Å². The average Bonchev–Trinajstić information content (AvgIpc) is 0.794. The van der Waals surface area contributed by atoms with Crippen LogP contribution < -0.4 is 24.5 Å². The van der Waals surface area contributed by atoms with Gasteiger partial charge >= 0.3 is 0 Å². The zero-order chi connectivity index (χ0) is 84.2. The van der Waals surface area contributed by atoms with Crippen molar-refractivity contribution in [3.05, 3.63) is 173 Å². The van der Waals surface area contributed by atoms with Crippen LogP contribution in [-0.4, -0.2) is 261 Å². The van der Waals surface area contributed by atoms with Gasteiger partial charge in [-0.1, -0.05) is 24.3 Å². The number of benzene rings is 5. The minimum Gasteiger partial charge on any atom is -0.389 e. The summed E-state index contributed by atoms with van der Waals surface area (Å²) in [6.07, 6.45) is 15.5. The first-order chi connectivity index (χ1) is 57.1. The normalized spacial score (nSPS) is 29.5. The van der Waals surface area contributed by atoms with E-state index in [0.29, 0.717) is 64.4 Å². The van der Waals surface area contributed by atoms with Gasteiger partial charge < -0.3 is 59.0 Å². The summed E-state index contributed by atoms with van der Waals surface area (Å²) in [4.78, 5) is 106. The molecule has 19 aliphatic rings. The molecule has 22 heteroatoms. The number of carbonyl (C=O) groups is 6. The number of likely N-dealkylation sites (N-methyl/N-ethyl adjacent to an activating group) is 2. The summed E-state index contributed by atoms with van der Waals surface area (Å²) in [5, 5.41) is 9.50. The van der Waals surface area contributed by atoms with E-state index in [1.165, 1.54) is 165 Å². The number of hydrogen-bond donors (Lipinski definition) is 1. The Morgan fingerprint density at radius 2 is 0.689 bits per heavy atom. The summed E-state index contributed by atoms with van der Waals surface area (Å²) in [6.45, 7) is 27.7. The zero-order valence-corrected chi connectivity index (χ0v) is 77.2. The van der Waals surface area contributed by atoms with Crippen molar-refractivity contribution in [2.45, 2.75) is 104 Å². The quantitative estimate of drug-likeness (QED) is 0.0906. The van der Waals surface area contributed by atoms with Gasteiger partial charge in [-0.25, -0.2) is 0 Å². The highest BCUT2D eigenvalue weighted by molar-refractivity contribution is 9.11. The van der Waals surface area contributed by atoms with Crippen LogP contribution in [0.3, 0.4) is 0 Å². The molecule has 1 N–H and O–H groups in total. The first kappa shape index (κ1) is 88.7. The largest absolute Gasteiger partial charge is 0.389 e. The van der Waals surface area contributed by atoms with Crippen LogP contribution >= 0.6 is 47.8 Å². The topological polar surface area (TPSA) is 171 Å². The molecule has 7 unspecified atom stereocenters. The molecule has 0 amide bonds. The molecule has 1 aromatic heterocycles. The molecule has 0 saturated carbocycles. The van der Waals surface area contributed by atoms with Gasteiger partial charge in [0.15, 0.2) is 34.7 Å². The number of pyridine rings is 1. The van der Waals surface area contributed by atoms with E-state index < -0.39 is 6.10 Å². The number of rotatable bonds is 16. The highest BCUT2D eigenvalue weighted by Crippen LogP contribution is 2.44. The molecule has 19 nitrogen and oxygen atoms in total. The number of aryl methyl sites for hydroxylation is 2. The van der Waals surface area contributed by atoms with Crippen molar-refractivity contribution in [3.8, 4) is 0 Å². The van der Waals surface area contributed by atoms with Crippen molar-refractivity contribution in [2.24, 2.45) is 71.0 Å². The number of nitrogens with zero attached hydrogens (tertiary/aromatic N) is 12. The van der Waals surface area contributed by atoms with Gasteiger partial charge in [0, 0.05) is 209 Å². The Morgan fingerprint density at radius 3 is 1.03 bits per heavy atom. The van der Waals surface area contributed by atoms with E-state index in [2.05, 4.69) is 142 Å². The number of piperidine rings is 18. The standard InChI is InChI=1S/C18H25N3O.C17H24N2O.C16H20Br2N2O.C16H21BrN2O.C16H21NO2.C14H18N2O/c1-19-9-10-20(2)17-11-14(3-4-16(17)19)18(22)15-12-21-7-5-13(15)6-8-21;1-12-10-14(4-5-16(12)18(2)3)17(20)15-11-19-8-6-13(15)7-9-19;1-19(2)15-13(17)7-11(8-14(15)18)16(21)12-9-20-5-3-10(12)4-6-20;1-18(2)15-4-3-12(9-14(15)17)16(20)13-10-19-7-5-11(13)6-8-19;1-11(18)12-2-4-14(5-3-12)16(19)15-10-17-8-6-13(15)7-9-17;1-10-12(3-2-6-15-10)14(17)13-9-16-7-4-11(13)5-8-16/h3-4,11,13,15H,5-10,12H2,1-2H3;4-5,10,13,15H,6-9,11H2,1-3H3;7-8,10,12H,3-6,9H2,1-2H3;3-4,9,11,13H,5-8,10H2,1-2H3;2-5,11,13,15,18H,6-10H2,1H3;2-3,6,11,13H,4-5,7-9H2,1H3. The van der Waals surface area contributed by atoms with Crippen LogP contribution in [0.4, 0.5) is 28.4 Å². The Kier molecular flexibility index (Phi) is 29.5. The molecule has 12 bridgehead atoms. The maximum absolute atomic E-state index is 13.0. The first-order valence-corrected chi connectivity index (χ1v) is 46.8. The Morgan fingerprint density at radius 1 is 0.370 bits per heavy atom. The average molecular weight is 1810 g/mol. The van der Waals surface area contributed by atoms with Crippen molar-refractivity contribution < 1.29 is 33.9 Å². The fourth-order valence-electron chi connectivity index (χ4n) is 21.8. The molecule has 6 aromatic rings. The fourth-order valence-corrected chi connectivity index (χ4v) is 24.5. The summed E-state index contributed by atoms with van der Waals surface area (Å²) in [7, 11) is 16.3. The monoisotopic (exact) mass is 1810 g/mol. The molecule has 0 aliphatic carbocycles. The van der Waals surface area contributed by atoms with Crippen molar-refractivity contribution in [3.63, 3.8) is 0 Å². The predicted molar refractivity (Wildman–Crippen MR) is 491 cm³/mol. The summed E-state index contributed by atoms with van der Waals surface area (Å²) in [6, 6.07) is 33.6. The lowest BCUT2D eigenvalue weighted by Crippen LogP contribution is -2.50. The van der Waals surface area contributed by atoms with Crippen LogP contribution in [0, 0.1) is 84.9 Å². The number of hydrogen-bond acceptors (Lipinski definition) is 19. The van der Waals surface area contributed by atoms with Crippen LogP contribution in [0.5, 0.6) is 0 Å². The van der Waals surface area contributed by atoms with Gasteiger partial charge in [-0.15, -0.1) is 0 Å². The summed E-state index contributed by atoms with van der Waals surface area (Å²) < 4.78 is 2.92. The zero-order valence-electron chi connectivity index (χ0n) is 72.4. The third kappa shape index (κ3) is 20.6. The second-order valence-electron chi connectivity index (χ2n) is 37.3. The highest BCUT2D eigenvalue weighted by Gasteiger charge is 2.45. The second-order valence-corrected chi connectivity index (χ2v) is 39.8. The molecule has 20 heterocycles. The van der Waals surface area contributed by atoms with Gasteiger partial charge in [0.2, 0.25) is 0 Å². The van der Waals surface area contributed by atoms with Gasteiger partial charge in [-0.2, -0.15) is 0 Å². The summed E-state index contributed by atoms with van der Waals surface area (Å²) >= 11 is 10.8. The lowest BCUT2D eigenvalue weighted by molar-refractivity contribution is 0.0414. The minimum absolute atomic E-state index is 0.177. The van der Waals surface area contributed by atoms with Gasteiger partial charge in [0.25, 0.3) is 0 Å². The molecule has 5 aromatic carbocycles. The van der Waals surface area contributed by atoms with Crippen molar-refractivity contribution >= 4 is 111 Å². The predicted octanol–water partition coefficient (Wildman–Crippen LogP) is 15.7. The molecule has 25 rings (SSSR count). The SMILES string of the molecule is CC(O)c1ccc(C(=O)C2CN3CCC2CC3)cc1.CN(C)c1c(Br)cc(C(=O)C2CN3CCC2CC3)cc1Br.CN(C)c1ccc(C(=O)C2CN3CCC2CC3)cc1Br.CN1CCN(C)c2cc(C(=O)C3CN4CCC3CC4)ccc21.Cc1cc(C(=O)C2CN3CCC2CC3)ccc1N(C)C.Cc1ncccc1C(=O)C1CN2CCC1CC2. The van der Waals surface area contributed by atoms with Crippen LogP contribution in [0.1, 0.15) is 169 Å². The number of aliphatic hydroxyl groups excluding tert-OH is 1. The maximum Gasteiger partial charge on any atom is 0.169 e. The molecule has 18 fully saturated rings. The summed E-state index contributed by atoms with van der Waals surface area (Å²) in [5.41, 5.74) is 13.8.